The molecular formula is C84H164O17P2. The molecule has 0 radical (unpaired) electrons. The first-order chi connectivity index (χ1) is 49.7. The van der Waals surface area contributed by atoms with E-state index in [0.29, 0.717) is 25.7 Å². The number of unbranched alkanes of at least 4 members (excludes halogenated alkanes) is 50. The van der Waals surface area contributed by atoms with Gasteiger partial charge in [-0.25, -0.2) is 9.13 Å². The van der Waals surface area contributed by atoms with Gasteiger partial charge in [-0.2, -0.15) is 0 Å². The fourth-order valence-corrected chi connectivity index (χ4v) is 14.6. The summed E-state index contributed by atoms with van der Waals surface area (Å²) in [6.07, 6.45) is 63.7. The van der Waals surface area contributed by atoms with Crippen LogP contribution in [0.3, 0.4) is 0 Å². The largest absolute Gasteiger partial charge is 0.472 e. The van der Waals surface area contributed by atoms with Crippen LogP contribution < -0.4 is 0 Å². The topological polar surface area (TPSA) is 237 Å². The minimum atomic E-state index is -4.96. The molecule has 2 unspecified atom stereocenters. The van der Waals surface area contributed by atoms with Crippen molar-refractivity contribution >= 4 is 39.5 Å². The number of hydrogen-bond donors (Lipinski definition) is 3. The zero-order chi connectivity index (χ0) is 75.8. The van der Waals surface area contributed by atoms with Crippen LogP contribution in [0.1, 0.15) is 440 Å². The molecule has 0 spiro atoms. The van der Waals surface area contributed by atoms with Crippen molar-refractivity contribution in [3.05, 3.63) is 0 Å². The molecule has 0 bridgehead atoms. The van der Waals surface area contributed by atoms with E-state index in [4.69, 9.17) is 37.0 Å². The van der Waals surface area contributed by atoms with Gasteiger partial charge in [-0.3, -0.25) is 37.3 Å². The van der Waals surface area contributed by atoms with Crippen LogP contribution in [0.2, 0.25) is 0 Å². The van der Waals surface area contributed by atoms with Gasteiger partial charge in [0.25, 0.3) is 0 Å². The van der Waals surface area contributed by atoms with Crippen LogP contribution in [0.15, 0.2) is 0 Å². The van der Waals surface area contributed by atoms with Crippen molar-refractivity contribution in [1.29, 1.82) is 0 Å². The summed E-state index contributed by atoms with van der Waals surface area (Å²) in [5.41, 5.74) is 0. The molecule has 3 N–H and O–H groups in total. The van der Waals surface area contributed by atoms with E-state index in [1.807, 2.05) is 0 Å². The summed E-state index contributed by atoms with van der Waals surface area (Å²) in [5, 5.41) is 10.7. The van der Waals surface area contributed by atoms with E-state index in [0.717, 1.165) is 108 Å². The molecule has 0 saturated carbocycles. The van der Waals surface area contributed by atoms with Gasteiger partial charge in [0.15, 0.2) is 12.2 Å². The van der Waals surface area contributed by atoms with Gasteiger partial charge in [-0.15, -0.1) is 0 Å². The average Bonchev–Trinajstić information content (AvgIpc) is 0.923. The van der Waals surface area contributed by atoms with Crippen LogP contribution in [0.4, 0.5) is 0 Å². The van der Waals surface area contributed by atoms with E-state index in [-0.39, 0.29) is 25.7 Å². The summed E-state index contributed by atoms with van der Waals surface area (Å²) < 4.78 is 68.9. The van der Waals surface area contributed by atoms with Gasteiger partial charge in [-0.05, 0) is 43.4 Å². The normalized spacial score (nSPS) is 13.9. The van der Waals surface area contributed by atoms with Gasteiger partial charge < -0.3 is 33.8 Å². The first-order valence-electron chi connectivity index (χ1n) is 43.3. The third kappa shape index (κ3) is 78.0. The Morgan fingerprint density at radius 3 is 0.660 bits per heavy atom. The molecule has 0 fully saturated rings. The van der Waals surface area contributed by atoms with Gasteiger partial charge in [0.2, 0.25) is 0 Å². The molecular weight excluding hydrogens is 1340 g/mol. The fourth-order valence-electron chi connectivity index (χ4n) is 13.0. The van der Waals surface area contributed by atoms with Gasteiger partial charge in [0.05, 0.1) is 26.4 Å². The van der Waals surface area contributed by atoms with Crippen molar-refractivity contribution in [3.63, 3.8) is 0 Å². The summed E-state index contributed by atoms with van der Waals surface area (Å²) in [7, 11) is -9.93. The summed E-state index contributed by atoms with van der Waals surface area (Å²) in [4.78, 5) is 73.2. The number of carbonyl (C=O) groups excluding carboxylic acids is 4. The molecule has 17 nitrogen and oxygen atoms in total. The van der Waals surface area contributed by atoms with Crippen LogP contribution in [-0.4, -0.2) is 96.7 Å². The Balaban J connectivity index is 5.27. The Morgan fingerprint density at radius 1 is 0.262 bits per heavy atom. The molecule has 0 aromatic rings. The van der Waals surface area contributed by atoms with E-state index in [9.17, 15) is 43.2 Å². The lowest BCUT2D eigenvalue weighted by atomic mass is 10.0. The van der Waals surface area contributed by atoms with Crippen molar-refractivity contribution in [3.8, 4) is 0 Å². The third-order valence-electron chi connectivity index (χ3n) is 19.6. The summed E-state index contributed by atoms with van der Waals surface area (Å²) in [6.45, 7) is 12.0. The Morgan fingerprint density at radius 2 is 0.447 bits per heavy atom. The summed E-state index contributed by atoms with van der Waals surface area (Å²) in [5.74, 6) is 0.274. The summed E-state index contributed by atoms with van der Waals surface area (Å²) in [6, 6.07) is 0. The molecule has 0 aromatic heterocycles. The lowest BCUT2D eigenvalue weighted by Gasteiger charge is -2.21. The molecule has 0 rings (SSSR count). The molecule has 612 valence electrons. The number of hydrogen-bond acceptors (Lipinski definition) is 15. The molecule has 0 amide bonds. The van der Waals surface area contributed by atoms with E-state index in [1.165, 1.54) is 250 Å². The number of rotatable bonds is 82. The zero-order valence-electron chi connectivity index (χ0n) is 67.8. The first-order valence-corrected chi connectivity index (χ1v) is 46.3. The van der Waals surface area contributed by atoms with E-state index in [2.05, 4.69) is 48.5 Å². The molecule has 0 aliphatic rings. The van der Waals surface area contributed by atoms with E-state index < -0.39 is 97.5 Å². The highest BCUT2D eigenvalue weighted by Gasteiger charge is 2.30. The standard InChI is InChI=1S/C84H164O17P2/c1-8-9-10-11-12-13-14-20-30-37-44-51-58-65-81(86)94-71-80(101-84(89)68-61-54-47-40-33-26-25-29-36-43-50-57-64-77(6)7)74-99-103(92,93)97-70-78(85)69-96-102(90,91)98-73-79(72-95-82(87)66-59-52-45-38-31-23-19-18-22-28-35-42-49-56-63-76(4)5)100-83(88)67-60-53-46-39-32-24-17-15-16-21-27-34-41-48-55-62-75(2)3/h75-80,85H,8-74H2,1-7H3,(H,90,91)(H,92,93)/t78-,79-,80-/m1/s1. The van der Waals surface area contributed by atoms with Crippen molar-refractivity contribution < 1.29 is 80.2 Å². The third-order valence-corrected chi connectivity index (χ3v) is 21.5. The molecule has 0 aromatic carbocycles. The van der Waals surface area contributed by atoms with E-state index >= 15 is 0 Å². The monoisotopic (exact) mass is 1510 g/mol. The van der Waals surface area contributed by atoms with Gasteiger partial charge in [-0.1, -0.05) is 389 Å². The van der Waals surface area contributed by atoms with Gasteiger partial charge >= 0.3 is 39.5 Å². The second-order valence-electron chi connectivity index (χ2n) is 31.6. The maximum atomic E-state index is 13.1. The van der Waals surface area contributed by atoms with Crippen molar-refractivity contribution in [2.24, 2.45) is 17.8 Å². The number of esters is 4. The Kier molecular flexibility index (Phi) is 72.8. The number of ether oxygens (including phenoxy) is 4. The van der Waals surface area contributed by atoms with E-state index in [1.54, 1.807) is 0 Å². The van der Waals surface area contributed by atoms with Gasteiger partial charge in [0.1, 0.15) is 19.3 Å². The van der Waals surface area contributed by atoms with Crippen molar-refractivity contribution in [1.82, 2.24) is 0 Å². The zero-order valence-corrected chi connectivity index (χ0v) is 69.6. The number of carbonyl (C=O) groups is 4. The molecule has 19 heteroatoms. The number of aliphatic hydroxyl groups excluding tert-OH is 1. The molecule has 0 heterocycles. The molecule has 5 atom stereocenters. The van der Waals surface area contributed by atoms with Crippen molar-refractivity contribution in [2.75, 3.05) is 39.6 Å². The SMILES string of the molecule is CCCCCCCCCCCCCCCC(=O)OC[C@H](COP(=O)(O)OC[C@H](O)COP(=O)(O)OC[C@@H](COC(=O)CCCCCCCCCCCCCCCCC(C)C)OC(=O)CCCCCCCCCCCCCCCCCC(C)C)OC(=O)CCCCCCCCCCCCCCC(C)C. The second kappa shape index (κ2) is 74.2. The Bertz CT molecular complexity index is 1990. The minimum absolute atomic E-state index is 0.107. The summed E-state index contributed by atoms with van der Waals surface area (Å²) >= 11 is 0. The molecule has 0 saturated heterocycles. The molecule has 0 aliphatic heterocycles. The lowest BCUT2D eigenvalue weighted by Crippen LogP contribution is -2.30. The fraction of sp³-hybridized carbons (Fsp3) is 0.952. The van der Waals surface area contributed by atoms with Crippen LogP contribution in [0, 0.1) is 17.8 Å². The van der Waals surface area contributed by atoms with Crippen LogP contribution in [0.25, 0.3) is 0 Å². The predicted molar refractivity (Wildman–Crippen MR) is 423 cm³/mol. The van der Waals surface area contributed by atoms with Crippen LogP contribution >= 0.6 is 15.6 Å². The molecule has 0 aliphatic carbocycles. The Labute approximate surface area is 632 Å². The highest BCUT2D eigenvalue weighted by Crippen LogP contribution is 2.45. The van der Waals surface area contributed by atoms with Crippen LogP contribution in [-0.2, 0) is 65.4 Å². The average molecular weight is 1510 g/mol. The van der Waals surface area contributed by atoms with Crippen LogP contribution in [0.5, 0.6) is 0 Å². The number of phosphoric acid groups is 2. The molecule has 103 heavy (non-hydrogen) atoms. The first kappa shape index (κ1) is 101. The predicted octanol–water partition coefficient (Wildman–Crippen LogP) is 25.3. The number of aliphatic hydroxyl groups is 1. The quantitative estimate of drug-likeness (QED) is 0.0222. The minimum Gasteiger partial charge on any atom is -0.462 e. The van der Waals surface area contributed by atoms with Gasteiger partial charge in [0, 0.05) is 25.7 Å². The highest BCUT2D eigenvalue weighted by atomic mass is 31.2. The highest BCUT2D eigenvalue weighted by molar-refractivity contribution is 7.47. The lowest BCUT2D eigenvalue weighted by molar-refractivity contribution is -0.161. The van der Waals surface area contributed by atoms with Crippen molar-refractivity contribution in [2.45, 2.75) is 458 Å². The smallest absolute Gasteiger partial charge is 0.462 e. The maximum absolute atomic E-state index is 13.1. The maximum Gasteiger partial charge on any atom is 0.472 e. The second-order valence-corrected chi connectivity index (χ2v) is 34.6. The Hall–Kier alpha value is -1.94. The number of phosphoric ester groups is 2.